The normalized spacial score (nSPS) is 24.2. The van der Waals surface area contributed by atoms with Gasteiger partial charge in [-0.1, -0.05) is 0 Å². The Morgan fingerprint density at radius 1 is 1.57 bits per heavy atom. The molecule has 78 valence electrons. The molecule has 1 aliphatic heterocycles. The van der Waals surface area contributed by atoms with E-state index in [0.29, 0.717) is 19.0 Å². The van der Waals surface area contributed by atoms with Gasteiger partial charge in [0.1, 0.15) is 0 Å². The van der Waals surface area contributed by atoms with Gasteiger partial charge in [0.15, 0.2) is 0 Å². The second-order valence-electron chi connectivity index (χ2n) is 4.31. The van der Waals surface area contributed by atoms with Crippen molar-refractivity contribution in [2.75, 3.05) is 19.3 Å². The van der Waals surface area contributed by atoms with Crippen molar-refractivity contribution in [1.29, 1.82) is 5.41 Å². The van der Waals surface area contributed by atoms with Crippen LogP contribution in [0.15, 0.2) is 0 Å². The van der Waals surface area contributed by atoms with Crippen molar-refractivity contribution < 1.29 is 9.90 Å². The van der Waals surface area contributed by atoms with Gasteiger partial charge in [0.2, 0.25) is 0 Å². The molecule has 0 radical (unpaired) electrons. The predicted octanol–water partition coefficient (Wildman–Crippen LogP) is 1.72. The molecule has 2 rings (SSSR count). The smallest absolute Gasteiger partial charge is 0.407 e. The van der Waals surface area contributed by atoms with Gasteiger partial charge in [0.05, 0.1) is 5.04 Å². The molecule has 1 heterocycles. The summed E-state index contributed by atoms with van der Waals surface area (Å²) >= 11 is 1.50. The number of hydrogen-bond acceptors (Lipinski definition) is 3. The Balaban J connectivity index is 1.79. The highest BCUT2D eigenvalue weighted by Crippen LogP contribution is 2.52. The Hall–Kier alpha value is -0.710. The summed E-state index contributed by atoms with van der Waals surface area (Å²) in [6.45, 7) is 1.36. The van der Waals surface area contributed by atoms with Gasteiger partial charge >= 0.3 is 6.09 Å². The second-order valence-corrected chi connectivity index (χ2v) is 5.16. The Morgan fingerprint density at radius 3 is 2.57 bits per heavy atom. The number of carbonyl (C=O) groups is 1. The van der Waals surface area contributed by atoms with Gasteiger partial charge in [-0.2, -0.15) is 0 Å². The molecule has 2 aliphatic rings. The molecular weight excluding hydrogens is 200 g/mol. The van der Waals surface area contributed by atoms with Crippen LogP contribution in [0.3, 0.4) is 0 Å². The monoisotopic (exact) mass is 214 g/mol. The van der Waals surface area contributed by atoms with Crippen LogP contribution in [0.4, 0.5) is 4.79 Å². The lowest BCUT2D eigenvalue weighted by Crippen LogP contribution is -2.64. The number of carboxylic acid groups (broad SMARTS) is 1. The first kappa shape index (κ1) is 9.83. The SMILES string of the molecule is CSC(=N)C1CC2(C1)CN(C(=O)O)C2. The molecule has 2 fully saturated rings. The van der Waals surface area contributed by atoms with Crippen molar-refractivity contribution in [3.8, 4) is 0 Å². The van der Waals surface area contributed by atoms with Crippen molar-refractivity contribution in [2.24, 2.45) is 11.3 Å². The number of rotatable bonds is 1. The fraction of sp³-hybridized carbons (Fsp3) is 0.778. The van der Waals surface area contributed by atoms with Crippen LogP contribution >= 0.6 is 11.8 Å². The van der Waals surface area contributed by atoms with E-state index in [2.05, 4.69) is 0 Å². The maximum Gasteiger partial charge on any atom is 0.407 e. The van der Waals surface area contributed by atoms with Gasteiger partial charge in [0.25, 0.3) is 0 Å². The lowest BCUT2D eigenvalue weighted by atomic mass is 9.58. The highest BCUT2D eigenvalue weighted by molar-refractivity contribution is 8.13. The van der Waals surface area contributed by atoms with Gasteiger partial charge in [0, 0.05) is 24.4 Å². The van der Waals surface area contributed by atoms with Gasteiger partial charge < -0.3 is 10.0 Å². The van der Waals surface area contributed by atoms with E-state index in [4.69, 9.17) is 10.5 Å². The Morgan fingerprint density at radius 2 is 2.14 bits per heavy atom. The maximum atomic E-state index is 10.6. The fourth-order valence-corrected chi connectivity index (χ4v) is 2.99. The highest BCUT2D eigenvalue weighted by Gasteiger charge is 2.54. The van der Waals surface area contributed by atoms with E-state index >= 15 is 0 Å². The molecule has 0 unspecified atom stereocenters. The molecule has 1 saturated carbocycles. The zero-order chi connectivity index (χ0) is 10.3. The third-order valence-corrected chi connectivity index (χ3v) is 4.05. The number of amides is 1. The molecule has 0 atom stereocenters. The molecule has 14 heavy (non-hydrogen) atoms. The quantitative estimate of drug-likeness (QED) is 0.516. The summed E-state index contributed by atoms with van der Waals surface area (Å²) in [6, 6.07) is 0. The van der Waals surface area contributed by atoms with E-state index in [-0.39, 0.29) is 5.41 Å². The number of thioether (sulfide) groups is 1. The minimum absolute atomic E-state index is 0.241. The second kappa shape index (κ2) is 3.15. The fourth-order valence-electron chi connectivity index (χ4n) is 2.49. The van der Waals surface area contributed by atoms with E-state index in [1.54, 1.807) is 0 Å². The number of nitrogens with zero attached hydrogens (tertiary/aromatic N) is 1. The summed E-state index contributed by atoms with van der Waals surface area (Å²) in [5.41, 5.74) is 0.241. The van der Waals surface area contributed by atoms with Gasteiger partial charge in [-0.25, -0.2) is 4.79 Å². The lowest BCUT2D eigenvalue weighted by Gasteiger charge is -2.58. The van der Waals surface area contributed by atoms with Crippen LogP contribution in [-0.2, 0) is 0 Å². The molecule has 4 nitrogen and oxygen atoms in total. The summed E-state index contributed by atoms with van der Waals surface area (Å²) in [4.78, 5) is 12.0. The van der Waals surface area contributed by atoms with Crippen LogP contribution in [0.5, 0.6) is 0 Å². The van der Waals surface area contributed by atoms with E-state index < -0.39 is 6.09 Å². The van der Waals surface area contributed by atoms with Crippen LogP contribution in [0.1, 0.15) is 12.8 Å². The zero-order valence-electron chi connectivity index (χ0n) is 8.12. The Kier molecular flexibility index (Phi) is 2.21. The molecule has 0 aromatic carbocycles. The summed E-state index contributed by atoms with van der Waals surface area (Å²) in [5, 5.41) is 17.1. The summed E-state index contributed by atoms with van der Waals surface area (Å²) in [6.07, 6.45) is 3.14. The number of nitrogens with one attached hydrogen (secondary N) is 1. The van der Waals surface area contributed by atoms with Crippen LogP contribution in [0.2, 0.25) is 0 Å². The third kappa shape index (κ3) is 1.39. The standard InChI is InChI=1S/C9H14N2O2S/c1-14-7(10)6-2-9(3-6)4-11(5-9)8(12)13/h6,10H,2-5H2,1H3,(H,12,13). The maximum absolute atomic E-state index is 10.6. The van der Waals surface area contributed by atoms with Gasteiger partial charge in [-0.3, -0.25) is 5.41 Å². The minimum Gasteiger partial charge on any atom is -0.465 e. The van der Waals surface area contributed by atoms with Crippen LogP contribution in [0.25, 0.3) is 0 Å². The summed E-state index contributed by atoms with van der Waals surface area (Å²) in [5.74, 6) is 0.404. The Labute approximate surface area is 87.2 Å². The average molecular weight is 214 g/mol. The number of likely N-dealkylation sites (tertiary alicyclic amines) is 1. The molecule has 0 bridgehead atoms. The summed E-state index contributed by atoms with van der Waals surface area (Å²) < 4.78 is 0. The first-order valence-electron chi connectivity index (χ1n) is 4.67. The van der Waals surface area contributed by atoms with E-state index in [9.17, 15) is 4.79 Å². The first-order chi connectivity index (χ1) is 6.56. The molecule has 1 amide bonds. The summed E-state index contributed by atoms with van der Waals surface area (Å²) in [7, 11) is 0. The first-order valence-corrected chi connectivity index (χ1v) is 5.89. The van der Waals surface area contributed by atoms with Crippen molar-refractivity contribution in [3.63, 3.8) is 0 Å². The predicted molar refractivity (Wildman–Crippen MR) is 56.0 cm³/mol. The lowest BCUT2D eigenvalue weighted by molar-refractivity contribution is -0.0614. The highest BCUT2D eigenvalue weighted by atomic mass is 32.2. The third-order valence-electron chi connectivity index (χ3n) is 3.27. The van der Waals surface area contributed by atoms with Gasteiger partial charge in [-0.05, 0) is 19.1 Å². The minimum atomic E-state index is -0.806. The molecular formula is C9H14N2O2S. The van der Waals surface area contributed by atoms with Crippen LogP contribution in [0, 0.1) is 16.7 Å². The molecule has 1 spiro atoms. The topological polar surface area (TPSA) is 64.4 Å². The number of hydrogen-bond donors (Lipinski definition) is 2. The van der Waals surface area contributed by atoms with E-state index in [0.717, 1.165) is 17.9 Å². The Bertz CT molecular complexity index is 279. The van der Waals surface area contributed by atoms with Crippen molar-refractivity contribution in [1.82, 2.24) is 4.90 Å². The zero-order valence-corrected chi connectivity index (χ0v) is 8.93. The molecule has 5 heteroatoms. The largest absolute Gasteiger partial charge is 0.465 e. The van der Waals surface area contributed by atoms with E-state index in [1.807, 2.05) is 6.26 Å². The van der Waals surface area contributed by atoms with Crippen LogP contribution in [-0.4, -0.2) is 40.5 Å². The molecule has 0 aromatic heterocycles. The molecule has 1 saturated heterocycles. The van der Waals surface area contributed by atoms with Crippen molar-refractivity contribution >= 4 is 22.9 Å². The molecule has 0 aromatic rings. The van der Waals surface area contributed by atoms with E-state index in [1.165, 1.54) is 16.7 Å². The van der Waals surface area contributed by atoms with Crippen LogP contribution < -0.4 is 0 Å². The van der Waals surface area contributed by atoms with Crippen molar-refractivity contribution in [2.45, 2.75) is 12.8 Å². The average Bonchev–Trinajstić information content (AvgIpc) is 1.98. The molecule has 1 aliphatic carbocycles. The van der Waals surface area contributed by atoms with Gasteiger partial charge in [-0.15, -0.1) is 11.8 Å². The molecule has 2 N–H and O–H groups in total. The van der Waals surface area contributed by atoms with Crippen molar-refractivity contribution in [3.05, 3.63) is 0 Å².